The summed E-state index contributed by atoms with van der Waals surface area (Å²) >= 11 is 0. The number of nitriles is 1. The van der Waals surface area contributed by atoms with E-state index in [0.29, 0.717) is 0 Å². The molecular weight excluding hydrogens is 226 g/mol. The van der Waals surface area contributed by atoms with Crippen molar-refractivity contribution in [2.75, 3.05) is 14.2 Å². The molecule has 0 amide bonds. The summed E-state index contributed by atoms with van der Waals surface area (Å²) in [4.78, 5) is 0. The number of rotatable bonds is 3. The third kappa shape index (κ3) is 1.86. The van der Waals surface area contributed by atoms with Crippen molar-refractivity contribution in [3.8, 4) is 17.6 Å². The Kier molecular flexibility index (Phi) is 3.38. The number of methoxy groups -OCH3 is 2. The summed E-state index contributed by atoms with van der Waals surface area (Å²) in [6.07, 6.45) is 0. The van der Waals surface area contributed by atoms with E-state index < -0.39 is 0 Å². The molecule has 0 aliphatic carbocycles. The Bertz CT molecular complexity index is 614. The molecule has 3 heteroatoms. The Morgan fingerprint density at radius 1 is 1.11 bits per heavy atom. The van der Waals surface area contributed by atoms with Gasteiger partial charge in [-0.25, -0.2) is 0 Å². The van der Waals surface area contributed by atoms with E-state index in [1.54, 1.807) is 14.2 Å². The van der Waals surface area contributed by atoms with Gasteiger partial charge in [0.25, 0.3) is 0 Å². The molecule has 0 saturated heterocycles. The standard InChI is InChI=1S/C15H15NO2/c1-10(9-16)13-8-14(17-2)11-6-4-5-7-12(11)15(13)18-3/h4-8,10H,1-3H3. The van der Waals surface area contributed by atoms with Crippen molar-refractivity contribution in [1.29, 1.82) is 5.26 Å². The van der Waals surface area contributed by atoms with Crippen LogP contribution in [0, 0.1) is 11.3 Å². The average molecular weight is 241 g/mol. The van der Waals surface area contributed by atoms with Crippen molar-refractivity contribution in [1.82, 2.24) is 0 Å². The number of fused-ring (bicyclic) bond motifs is 1. The van der Waals surface area contributed by atoms with Crippen LogP contribution in [0.5, 0.6) is 11.5 Å². The van der Waals surface area contributed by atoms with Gasteiger partial charge < -0.3 is 9.47 Å². The molecule has 0 spiro atoms. The Balaban J connectivity index is 2.84. The minimum absolute atomic E-state index is 0.238. The van der Waals surface area contributed by atoms with Crippen LogP contribution in [0.4, 0.5) is 0 Å². The van der Waals surface area contributed by atoms with Gasteiger partial charge in [0.2, 0.25) is 0 Å². The normalized spacial score (nSPS) is 11.9. The molecule has 0 radical (unpaired) electrons. The highest BCUT2D eigenvalue weighted by Gasteiger charge is 2.17. The monoisotopic (exact) mass is 241 g/mol. The van der Waals surface area contributed by atoms with E-state index in [1.165, 1.54) is 0 Å². The number of hydrogen-bond donors (Lipinski definition) is 0. The maximum absolute atomic E-state index is 9.10. The number of nitrogens with zero attached hydrogens (tertiary/aromatic N) is 1. The quantitative estimate of drug-likeness (QED) is 0.826. The van der Waals surface area contributed by atoms with Crippen molar-refractivity contribution in [3.63, 3.8) is 0 Å². The van der Waals surface area contributed by atoms with Crippen molar-refractivity contribution in [2.24, 2.45) is 0 Å². The third-order valence-corrected chi connectivity index (χ3v) is 3.07. The van der Waals surface area contributed by atoms with E-state index in [1.807, 2.05) is 37.3 Å². The van der Waals surface area contributed by atoms with Gasteiger partial charge in [0.05, 0.1) is 26.2 Å². The first kappa shape index (κ1) is 12.3. The number of hydrogen-bond acceptors (Lipinski definition) is 3. The first-order chi connectivity index (χ1) is 8.72. The molecule has 1 unspecified atom stereocenters. The molecule has 0 aliphatic heterocycles. The fraction of sp³-hybridized carbons (Fsp3) is 0.267. The molecule has 1 atom stereocenters. The molecule has 0 heterocycles. The van der Waals surface area contributed by atoms with Crippen LogP contribution in [0.15, 0.2) is 30.3 Å². The summed E-state index contributed by atoms with van der Waals surface area (Å²) in [6, 6.07) is 12.0. The maximum Gasteiger partial charge on any atom is 0.131 e. The lowest BCUT2D eigenvalue weighted by atomic mass is 9.96. The van der Waals surface area contributed by atoms with E-state index in [4.69, 9.17) is 14.7 Å². The summed E-state index contributed by atoms with van der Waals surface area (Å²) in [5, 5.41) is 11.1. The van der Waals surface area contributed by atoms with E-state index in [2.05, 4.69) is 6.07 Å². The zero-order chi connectivity index (χ0) is 13.1. The lowest BCUT2D eigenvalue weighted by molar-refractivity contribution is 0.405. The van der Waals surface area contributed by atoms with Crippen LogP contribution in [-0.2, 0) is 0 Å². The van der Waals surface area contributed by atoms with E-state index in [0.717, 1.165) is 27.8 Å². The van der Waals surface area contributed by atoms with Crippen LogP contribution < -0.4 is 9.47 Å². The average Bonchev–Trinajstić information content (AvgIpc) is 2.44. The molecule has 0 saturated carbocycles. The van der Waals surface area contributed by atoms with Gasteiger partial charge in [-0.15, -0.1) is 0 Å². The van der Waals surface area contributed by atoms with Crippen LogP contribution >= 0.6 is 0 Å². The number of benzene rings is 2. The highest BCUT2D eigenvalue weighted by atomic mass is 16.5. The summed E-state index contributed by atoms with van der Waals surface area (Å²) < 4.78 is 10.9. The Hall–Kier alpha value is -2.21. The molecule has 92 valence electrons. The maximum atomic E-state index is 9.10. The van der Waals surface area contributed by atoms with Crippen molar-refractivity contribution >= 4 is 10.8 Å². The van der Waals surface area contributed by atoms with Gasteiger partial charge in [0.15, 0.2) is 0 Å². The largest absolute Gasteiger partial charge is 0.496 e. The molecule has 2 rings (SSSR count). The van der Waals surface area contributed by atoms with Crippen molar-refractivity contribution in [3.05, 3.63) is 35.9 Å². The zero-order valence-electron chi connectivity index (χ0n) is 10.7. The fourth-order valence-corrected chi connectivity index (χ4v) is 2.12. The predicted octanol–water partition coefficient (Wildman–Crippen LogP) is 3.48. The van der Waals surface area contributed by atoms with Gasteiger partial charge in [0, 0.05) is 16.3 Å². The van der Waals surface area contributed by atoms with Gasteiger partial charge in [-0.05, 0) is 13.0 Å². The van der Waals surface area contributed by atoms with E-state index >= 15 is 0 Å². The highest BCUT2D eigenvalue weighted by molar-refractivity contribution is 5.94. The van der Waals surface area contributed by atoms with Gasteiger partial charge in [-0.3, -0.25) is 0 Å². The van der Waals surface area contributed by atoms with E-state index in [9.17, 15) is 0 Å². The molecule has 0 bridgehead atoms. The fourth-order valence-electron chi connectivity index (χ4n) is 2.12. The van der Waals surface area contributed by atoms with Gasteiger partial charge in [-0.1, -0.05) is 24.3 Å². The second-order valence-electron chi connectivity index (χ2n) is 4.10. The lowest BCUT2D eigenvalue weighted by Crippen LogP contribution is -1.98. The third-order valence-electron chi connectivity index (χ3n) is 3.07. The van der Waals surface area contributed by atoms with Crippen LogP contribution in [0.3, 0.4) is 0 Å². The van der Waals surface area contributed by atoms with Gasteiger partial charge in [-0.2, -0.15) is 5.26 Å². The number of ether oxygens (including phenoxy) is 2. The van der Waals surface area contributed by atoms with Crippen LogP contribution in [-0.4, -0.2) is 14.2 Å². The predicted molar refractivity (Wildman–Crippen MR) is 71.1 cm³/mol. The summed E-state index contributed by atoms with van der Waals surface area (Å²) in [5.41, 5.74) is 0.857. The van der Waals surface area contributed by atoms with E-state index in [-0.39, 0.29) is 5.92 Å². The Labute approximate surface area is 107 Å². The molecule has 18 heavy (non-hydrogen) atoms. The smallest absolute Gasteiger partial charge is 0.131 e. The Morgan fingerprint density at radius 3 is 2.33 bits per heavy atom. The lowest BCUT2D eigenvalue weighted by Gasteiger charge is -2.16. The molecule has 0 fully saturated rings. The topological polar surface area (TPSA) is 42.2 Å². The van der Waals surface area contributed by atoms with Gasteiger partial charge in [0.1, 0.15) is 11.5 Å². The van der Waals surface area contributed by atoms with Crippen LogP contribution in [0.25, 0.3) is 10.8 Å². The first-order valence-electron chi connectivity index (χ1n) is 5.76. The molecule has 0 aliphatic rings. The minimum Gasteiger partial charge on any atom is -0.496 e. The second-order valence-corrected chi connectivity index (χ2v) is 4.10. The summed E-state index contributed by atoms with van der Waals surface area (Å²) in [7, 11) is 3.26. The molecular formula is C15H15NO2. The Morgan fingerprint density at radius 2 is 1.78 bits per heavy atom. The molecule has 2 aromatic carbocycles. The molecule has 3 nitrogen and oxygen atoms in total. The minimum atomic E-state index is -0.238. The van der Waals surface area contributed by atoms with Crippen LogP contribution in [0.1, 0.15) is 18.4 Å². The molecule has 2 aromatic rings. The zero-order valence-corrected chi connectivity index (χ0v) is 10.7. The van der Waals surface area contributed by atoms with Crippen LogP contribution in [0.2, 0.25) is 0 Å². The SMILES string of the molecule is COc1cc(C(C)C#N)c(OC)c2ccccc12. The molecule has 0 N–H and O–H groups in total. The van der Waals surface area contributed by atoms with Crippen molar-refractivity contribution in [2.45, 2.75) is 12.8 Å². The second kappa shape index (κ2) is 4.97. The van der Waals surface area contributed by atoms with Crippen molar-refractivity contribution < 1.29 is 9.47 Å². The summed E-state index contributed by atoms with van der Waals surface area (Å²) in [5.74, 6) is 1.28. The summed E-state index contributed by atoms with van der Waals surface area (Å²) in [6.45, 7) is 1.85. The molecule has 0 aromatic heterocycles. The van der Waals surface area contributed by atoms with Gasteiger partial charge >= 0.3 is 0 Å². The first-order valence-corrected chi connectivity index (χ1v) is 5.76. The highest BCUT2D eigenvalue weighted by Crippen LogP contribution is 2.39.